The maximum Gasteiger partial charge on any atom is 0.267 e. The minimum atomic E-state index is -0.691. The topological polar surface area (TPSA) is 50.7 Å². The van der Waals surface area contributed by atoms with E-state index in [2.05, 4.69) is 10.1 Å². The molecule has 2 aromatic carbocycles. The minimum Gasteiger partial charge on any atom is -0.361 e. The summed E-state index contributed by atoms with van der Waals surface area (Å²) in [5.41, 5.74) is 3.17. The Kier molecular flexibility index (Phi) is 4.38. The molecular weight excluding hydrogens is 348 g/mol. The van der Waals surface area contributed by atoms with E-state index in [4.69, 9.17) is 0 Å². The Hall–Kier alpha value is -3.54. The fourth-order valence-corrected chi connectivity index (χ4v) is 2.94. The smallest absolute Gasteiger partial charge is 0.267 e. The Morgan fingerprint density at radius 2 is 1.70 bits per heavy atom. The van der Waals surface area contributed by atoms with Crippen molar-refractivity contribution in [3.63, 3.8) is 0 Å². The normalized spacial score (nSPS) is 10.9. The molecule has 134 valence electrons. The molecule has 27 heavy (non-hydrogen) atoms. The lowest BCUT2D eigenvalue weighted by Gasteiger charge is -2.09. The van der Waals surface area contributed by atoms with Crippen LogP contribution in [0.1, 0.15) is 5.56 Å². The third kappa shape index (κ3) is 3.69. The molecule has 0 aliphatic rings. The quantitative estimate of drug-likeness (QED) is 0.590. The molecule has 0 spiro atoms. The summed E-state index contributed by atoms with van der Waals surface area (Å²) in [6, 6.07) is 17.6. The van der Waals surface area contributed by atoms with Crippen LogP contribution in [0.2, 0.25) is 0 Å². The van der Waals surface area contributed by atoms with Crippen molar-refractivity contribution < 1.29 is 8.78 Å². The zero-order chi connectivity index (χ0) is 18.8. The third-order valence-electron chi connectivity index (χ3n) is 4.19. The van der Waals surface area contributed by atoms with Gasteiger partial charge in [-0.25, -0.2) is 13.5 Å². The van der Waals surface area contributed by atoms with Crippen LogP contribution < -0.4 is 5.56 Å². The lowest BCUT2D eigenvalue weighted by atomic mass is 10.1. The highest BCUT2D eigenvalue weighted by Gasteiger charge is 2.08. The summed E-state index contributed by atoms with van der Waals surface area (Å²) in [5, 5.41) is 4.28. The molecule has 1 N–H and O–H groups in total. The lowest BCUT2D eigenvalue weighted by molar-refractivity contribution is 0.583. The summed E-state index contributed by atoms with van der Waals surface area (Å²) >= 11 is 0. The first-order valence-corrected chi connectivity index (χ1v) is 8.36. The van der Waals surface area contributed by atoms with Gasteiger partial charge < -0.3 is 4.98 Å². The van der Waals surface area contributed by atoms with Crippen molar-refractivity contribution >= 4 is 0 Å². The van der Waals surface area contributed by atoms with E-state index < -0.39 is 11.6 Å². The van der Waals surface area contributed by atoms with Crippen molar-refractivity contribution in [3.05, 3.63) is 100 Å². The number of H-pyrrole nitrogens is 1. The number of halogens is 2. The second-order valence-electron chi connectivity index (χ2n) is 6.16. The maximum absolute atomic E-state index is 13.5. The van der Waals surface area contributed by atoms with E-state index in [0.717, 1.165) is 22.9 Å². The number of nitrogens with one attached hydrogen (secondary N) is 1. The van der Waals surface area contributed by atoms with Crippen LogP contribution in [0.4, 0.5) is 8.78 Å². The van der Waals surface area contributed by atoms with Crippen molar-refractivity contribution in [1.29, 1.82) is 0 Å². The van der Waals surface area contributed by atoms with E-state index in [1.165, 1.54) is 28.9 Å². The molecule has 0 saturated heterocycles. The van der Waals surface area contributed by atoms with E-state index in [1.54, 1.807) is 0 Å². The first-order valence-electron chi connectivity index (χ1n) is 8.36. The van der Waals surface area contributed by atoms with Gasteiger partial charge in [-0.15, -0.1) is 0 Å². The molecule has 2 heterocycles. The third-order valence-corrected chi connectivity index (χ3v) is 4.19. The standard InChI is InChI=1S/C21H15F2N3O/c22-17-10-16(11-18(23)12-17)20-6-7-21(27)26(25-20)13-14-3-1-4-15(9-14)19-5-2-8-24-19/h1-12,24H,13H2. The fourth-order valence-electron chi connectivity index (χ4n) is 2.94. The van der Waals surface area contributed by atoms with E-state index in [9.17, 15) is 13.6 Å². The van der Waals surface area contributed by atoms with Crippen LogP contribution in [0.3, 0.4) is 0 Å². The highest BCUT2D eigenvalue weighted by molar-refractivity contribution is 5.60. The van der Waals surface area contributed by atoms with Gasteiger partial charge >= 0.3 is 0 Å². The summed E-state index contributed by atoms with van der Waals surface area (Å²) in [6.45, 7) is 0.249. The molecular formula is C21H15F2N3O. The summed E-state index contributed by atoms with van der Waals surface area (Å²) in [7, 11) is 0. The Morgan fingerprint density at radius 1 is 0.889 bits per heavy atom. The van der Waals surface area contributed by atoms with Crippen molar-refractivity contribution in [2.24, 2.45) is 0 Å². The van der Waals surface area contributed by atoms with Gasteiger partial charge in [-0.2, -0.15) is 5.10 Å². The highest BCUT2D eigenvalue weighted by atomic mass is 19.1. The second kappa shape index (κ2) is 6.99. The fraction of sp³-hybridized carbons (Fsp3) is 0.0476. The van der Waals surface area contributed by atoms with Crippen LogP contribution in [0.5, 0.6) is 0 Å². The molecule has 0 radical (unpaired) electrons. The molecule has 0 saturated carbocycles. The number of hydrogen-bond donors (Lipinski definition) is 1. The molecule has 0 aliphatic carbocycles. The Labute approximate surface area is 153 Å². The summed E-state index contributed by atoms with van der Waals surface area (Å²) in [5.74, 6) is -1.38. The van der Waals surface area contributed by atoms with Gasteiger partial charge in [0, 0.05) is 29.6 Å². The van der Waals surface area contributed by atoms with E-state index >= 15 is 0 Å². The largest absolute Gasteiger partial charge is 0.361 e. The van der Waals surface area contributed by atoms with Gasteiger partial charge in [-0.1, -0.05) is 18.2 Å². The Morgan fingerprint density at radius 3 is 2.44 bits per heavy atom. The average molecular weight is 363 g/mol. The van der Waals surface area contributed by atoms with Gasteiger partial charge in [0.05, 0.1) is 12.2 Å². The molecule has 0 fully saturated rings. The zero-order valence-corrected chi connectivity index (χ0v) is 14.2. The minimum absolute atomic E-state index is 0.249. The Bertz CT molecular complexity index is 1130. The number of benzene rings is 2. The first-order chi connectivity index (χ1) is 13.1. The Balaban J connectivity index is 1.69. The summed E-state index contributed by atoms with van der Waals surface area (Å²) in [4.78, 5) is 15.3. The van der Waals surface area contributed by atoms with Crippen molar-refractivity contribution in [1.82, 2.24) is 14.8 Å². The predicted octanol–water partition coefficient (Wildman–Crippen LogP) is 4.23. The summed E-state index contributed by atoms with van der Waals surface area (Å²) in [6.07, 6.45) is 1.84. The van der Waals surface area contributed by atoms with Crippen LogP contribution in [0, 0.1) is 11.6 Å². The molecule has 4 nitrogen and oxygen atoms in total. The van der Waals surface area contributed by atoms with Crippen LogP contribution in [-0.4, -0.2) is 14.8 Å². The highest BCUT2D eigenvalue weighted by Crippen LogP contribution is 2.20. The number of aromatic nitrogens is 3. The molecule has 0 aliphatic heterocycles. The average Bonchev–Trinajstić information content (AvgIpc) is 3.18. The molecule has 4 rings (SSSR count). The molecule has 0 amide bonds. The number of aromatic amines is 1. The van der Waals surface area contributed by atoms with Gasteiger partial charge in [-0.05, 0) is 47.5 Å². The molecule has 0 atom stereocenters. The summed E-state index contributed by atoms with van der Waals surface area (Å²) < 4.78 is 28.2. The van der Waals surface area contributed by atoms with Crippen LogP contribution in [-0.2, 0) is 6.54 Å². The van der Waals surface area contributed by atoms with Gasteiger partial charge in [0.1, 0.15) is 11.6 Å². The van der Waals surface area contributed by atoms with Crippen molar-refractivity contribution in [2.75, 3.05) is 0 Å². The van der Waals surface area contributed by atoms with Crippen molar-refractivity contribution in [2.45, 2.75) is 6.54 Å². The van der Waals surface area contributed by atoms with Crippen LogP contribution >= 0.6 is 0 Å². The van der Waals surface area contributed by atoms with E-state index in [0.29, 0.717) is 5.69 Å². The van der Waals surface area contributed by atoms with E-state index in [-0.39, 0.29) is 17.7 Å². The van der Waals surface area contributed by atoms with Gasteiger partial charge in [0.15, 0.2) is 0 Å². The molecule has 6 heteroatoms. The molecule has 0 bridgehead atoms. The molecule has 2 aromatic heterocycles. The molecule has 0 unspecified atom stereocenters. The second-order valence-corrected chi connectivity index (χ2v) is 6.16. The first kappa shape index (κ1) is 16.9. The SMILES string of the molecule is O=c1ccc(-c2cc(F)cc(F)c2)nn1Cc1cccc(-c2ccc[nH]2)c1. The van der Waals surface area contributed by atoms with Gasteiger partial charge in [-0.3, -0.25) is 4.79 Å². The molecule has 4 aromatic rings. The van der Waals surface area contributed by atoms with Crippen LogP contribution in [0.25, 0.3) is 22.5 Å². The van der Waals surface area contributed by atoms with Gasteiger partial charge in [0.2, 0.25) is 0 Å². The number of nitrogens with zero attached hydrogens (tertiary/aromatic N) is 2. The number of hydrogen-bond acceptors (Lipinski definition) is 2. The zero-order valence-electron chi connectivity index (χ0n) is 14.2. The maximum atomic E-state index is 13.5. The van der Waals surface area contributed by atoms with E-state index in [1.807, 2.05) is 42.6 Å². The monoisotopic (exact) mass is 363 g/mol. The lowest BCUT2D eigenvalue weighted by Crippen LogP contribution is -2.22. The van der Waals surface area contributed by atoms with Crippen molar-refractivity contribution in [3.8, 4) is 22.5 Å². The predicted molar refractivity (Wildman–Crippen MR) is 99.2 cm³/mol. The number of rotatable bonds is 4. The van der Waals surface area contributed by atoms with Gasteiger partial charge in [0.25, 0.3) is 5.56 Å². The van der Waals surface area contributed by atoms with Crippen LogP contribution in [0.15, 0.2) is 77.7 Å².